The summed E-state index contributed by atoms with van der Waals surface area (Å²) in [5.41, 5.74) is 17.4. The van der Waals surface area contributed by atoms with Crippen LogP contribution in [0.5, 0.6) is 0 Å². The summed E-state index contributed by atoms with van der Waals surface area (Å²) in [6.45, 7) is 0. The maximum Gasteiger partial charge on any atom is 0.213 e. The number of para-hydroxylation sites is 5. The quantitative estimate of drug-likeness (QED) is 0.173. The number of aromatic nitrogens is 3. The lowest BCUT2D eigenvalue weighted by molar-refractivity contribution is 0.645. The van der Waals surface area contributed by atoms with Crippen LogP contribution >= 0.6 is 0 Å². The molecule has 0 N–H and O–H groups in total. The van der Waals surface area contributed by atoms with Gasteiger partial charge in [-0.25, -0.2) is 0 Å². The smallest absolute Gasteiger partial charge is 0.213 e. The highest BCUT2D eigenvalue weighted by Gasteiger charge is 2.21. The second-order valence-corrected chi connectivity index (χ2v) is 17.7. The molecule has 0 fully saturated rings. The molecule has 0 unspecified atom stereocenters. The third-order valence-electron chi connectivity index (χ3n) is 14.1. The van der Waals surface area contributed by atoms with E-state index in [9.17, 15) is 0 Å². The average Bonchev–Trinajstić information content (AvgIpc) is 4.19. The molecule has 15 aromatic rings. The van der Waals surface area contributed by atoms with Crippen molar-refractivity contribution >= 4 is 98.5 Å². The van der Waals surface area contributed by atoms with Gasteiger partial charge in [0.2, 0.25) is 5.71 Å². The van der Waals surface area contributed by atoms with E-state index in [-0.39, 0.29) is 0 Å². The Kier molecular flexibility index (Phi) is 7.44. The molecule has 0 radical (unpaired) electrons. The fourth-order valence-electron chi connectivity index (χ4n) is 11.0. The lowest BCUT2D eigenvalue weighted by Crippen LogP contribution is -1.94. The van der Waals surface area contributed by atoms with E-state index in [0.29, 0.717) is 0 Å². The van der Waals surface area contributed by atoms with Crippen LogP contribution in [-0.4, -0.2) is 13.7 Å². The first-order valence-corrected chi connectivity index (χ1v) is 22.8. The third-order valence-corrected chi connectivity index (χ3v) is 14.1. The van der Waals surface area contributed by atoms with Crippen molar-refractivity contribution in [1.82, 2.24) is 13.7 Å². The zero-order valence-electron chi connectivity index (χ0n) is 36.0. The zero-order valence-corrected chi connectivity index (χ0v) is 36.0. The summed E-state index contributed by atoms with van der Waals surface area (Å²) in [6, 6.07) is 80.9. The SMILES string of the molecule is c1ccc(-n2c3cc(-c4ccc(-n5c6ccccc6c6cc(-c7ccc8c(c7)c7ccccc7n8-c7ccc8oc9ccccc9c8c7)ccc65)cc4)ccc3c3c4ccccc4oc32)cc1. The van der Waals surface area contributed by atoms with Crippen molar-refractivity contribution in [3.8, 4) is 39.3 Å². The first-order chi connectivity index (χ1) is 33.2. The van der Waals surface area contributed by atoms with Crippen molar-refractivity contribution in [3.05, 3.63) is 224 Å². The minimum absolute atomic E-state index is 0.867. The van der Waals surface area contributed by atoms with Crippen molar-refractivity contribution in [2.45, 2.75) is 0 Å². The number of hydrogen-bond donors (Lipinski definition) is 0. The van der Waals surface area contributed by atoms with E-state index in [1.165, 1.54) is 60.1 Å². The van der Waals surface area contributed by atoms with Gasteiger partial charge in [0.1, 0.15) is 16.7 Å². The summed E-state index contributed by atoms with van der Waals surface area (Å²) >= 11 is 0. The Labute approximate surface area is 383 Å². The van der Waals surface area contributed by atoms with Gasteiger partial charge in [0.25, 0.3) is 0 Å². The van der Waals surface area contributed by atoms with Crippen LogP contribution in [-0.2, 0) is 0 Å². The Morgan fingerprint density at radius 3 is 1.43 bits per heavy atom. The number of benzene rings is 10. The van der Waals surface area contributed by atoms with Crippen LogP contribution in [0.15, 0.2) is 233 Å². The number of hydrogen-bond acceptors (Lipinski definition) is 2. The van der Waals surface area contributed by atoms with Gasteiger partial charge in [-0.15, -0.1) is 0 Å². The monoisotopic (exact) mass is 855 g/mol. The summed E-state index contributed by atoms with van der Waals surface area (Å²) in [5, 5.41) is 10.6. The van der Waals surface area contributed by atoms with E-state index >= 15 is 0 Å². The molecule has 0 saturated carbocycles. The Morgan fingerprint density at radius 1 is 0.239 bits per heavy atom. The van der Waals surface area contributed by atoms with E-state index in [2.05, 4.69) is 220 Å². The molecule has 15 rings (SSSR count). The normalized spacial score (nSPS) is 12.2. The minimum Gasteiger partial charge on any atom is -0.456 e. The fraction of sp³-hybridized carbons (Fsp3) is 0. The summed E-state index contributed by atoms with van der Waals surface area (Å²) in [5.74, 6) is 0. The van der Waals surface area contributed by atoms with Crippen LogP contribution in [0.2, 0.25) is 0 Å². The van der Waals surface area contributed by atoms with E-state index in [4.69, 9.17) is 8.83 Å². The molecule has 0 amide bonds. The lowest BCUT2D eigenvalue weighted by Gasteiger charge is -2.11. The van der Waals surface area contributed by atoms with E-state index in [1.807, 2.05) is 18.2 Å². The van der Waals surface area contributed by atoms with Gasteiger partial charge in [-0.05, 0) is 119 Å². The van der Waals surface area contributed by atoms with Gasteiger partial charge in [-0.3, -0.25) is 4.57 Å². The van der Waals surface area contributed by atoms with Crippen LogP contribution in [0.1, 0.15) is 0 Å². The highest BCUT2D eigenvalue weighted by atomic mass is 16.3. The largest absolute Gasteiger partial charge is 0.456 e. The van der Waals surface area contributed by atoms with E-state index in [0.717, 1.165) is 77.7 Å². The maximum atomic E-state index is 6.55. The molecule has 0 bridgehead atoms. The van der Waals surface area contributed by atoms with Gasteiger partial charge in [-0.1, -0.05) is 127 Å². The molecule has 0 saturated heterocycles. The zero-order chi connectivity index (χ0) is 43.7. The number of furan rings is 2. The van der Waals surface area contributed by atoms with E-state index < -0.39 is 0 Å². The minimum atomic E-state index is 0.867. The van der Waals surface area contributed by atoms with Crippen LogP contribution < -0.4 is 0 Å². The fourth-order valence-corrected chi connectivity index (χ4v) is 11.0. The Morgan fingerprint density at radius 2 is 0.731 bits per heavy atom. The Hall–Kier alpha value is -9.06. The van der Waals surface area contributed by atoms with Crippen molar-refractivity contribution in [2.75, 3.05) is 0 Å². The predicted octanol–water partition coefficient (Wildman–Crippen LogP) is 17.0. The maximum absolute atomic E-state index is 6.55. The van der Waals surface area contributed by atoms with Crippen molar-refractivity contribution in [1.29, 1.82) is 0 Å². The Bertz CT molecular complexity index is 4500. The summed E-state index contributed by atoms with van der Waals surface area (Å²) in [7, 11) is 0. The topological polar surface area (TPSA) is 41.1 Å². The molecule has 10 aromatic carbocycles. The second-order valence-electron chi connectivity index (χ2n) is 17.7. The van der Waals surface area contributed by atoms with Gasteiger partial charge in [0, 0.05) is 60.2 Å². The van der Waals surface area contributed by atoms with Crippen molar-refractivity contribution < 1.29 is 8.83 Å². The van der Waals surface area contributed by atoms with Crippen LogP contribution in [0.4, 0.5) is 0 Å². The third kappa shape index (κ3) is 5.25. The Balaban J connectivity index is 0.824. The molecule has 0 spiro atoms. The highest BCUT2D eigenvalue weighted by molar-refractivity contribution is 6.20. The van der Waals surface area contributed by atoms with Crippen LogP contribution in [0.25, 0.3) is 138 Å². The summed E-state index contributed by atoms with van der Waals surface area (Å²) in [4.78, 5) is 0. The first kappa shape index (κ1) is 36.3. The summed E-state index contributed by atoms with van der Waals surface area (Å²) in [6.07, 6.45) is 0. The molecule has 0 aliphatic carbocycles. The average molecular weight is 856 g/mol. The molecule has 0 atom stereocenters. The van der Waals surface area contributed by atoms with Crippen LogP contribution in [0.3, 0.4) is 0 Å². The van der Waals surface area contributed by atoms with Gasteiger partial charge < -0.3 is 18.0 Å². The first-order valence-electron chi connectivity index (χ1n) is 22.8. The second kappa shape index (κ2) is 13.7. The number of fused-ring (bicyclic) bond motifs is 14. The molecular formula is C62H37N3O2. The standard InChI is InChI=1S/C62H37N3O2/c1-2-12-42(13-3-1)65-57-36-41(24-30-48(57)61-49-17-7-11-21-59(49)67-62(61)65)38-22-27-43(28-23-38)63-53-18-8-4-14-45(53)50-34-39(25-31-55(50)63)40-26-32-56-51(35-40)46-15-5-9-19-54(46)64(56)44-29-33-60-52(37-44)47-16-6-10-20-58(47)66-60/h1-37H. The van der Waals surface area contributed by atoms with Crippen molar-refractivity contribution in [3.63, 3.8) is 0 Å². The molecule has 5 aromatic heterocycles. The van der Waals surface area contributed by atoms with Gasteiger partial charge >= 0.3 is 0 Å². The van der Waals surface area contributed by atoms with Crippen LogP contribution in [0, 0.1) is 0 Å². The predicted molar refractivity (Wildman–Crippen MR) is 277 cm³/mol. The number of nitrogens with zero attached hydrogens (tertiary/aromatic N) is 3. The molecule has 0 aliphatic rings. The van der Waals surface area contributed by atoms with Crippen molar-refractivity contribution in [2.24, 2.45) is 0 Å². The highest BCUT2D eigenvalue weighted by Crippen LogP contribution is 2.42. The summed E-state index contributed by atoms with van der Waals surface area (Å²) < 4.78 is 19.8. The molecule has 5 nitrogen and oxygen atoms in total. The van der Waals surface area contributed by atoms with Gasteiger partial charge in [0.05, 0.1) is 33.0 Å². The molecule has 67 heavy (non-hydrogen) atoms. The lowest BCUT2D eigenvalue weighted by atomic mass is 10.0. The van der Waals surface area contributed by atoms with E-state index in [1.54, 1.807) is 0 Å². The van der Waals surface area contributed by atoms with Gasteiger partial charge in [-0.2, -0.15) is 0 Å². The molecule has 312 valence electrons. The van der Waals surface area contributed by atoms with Gasteiger partial charge in [0.15, 0.2) is 0 Å². The molecular weight excluding hydrogens is 819 g/mol. The molecule has 5 heteroatoms. The molecule has 5 heterocycles. The molecule has 0 aliphatic heterocycles. The number of rotatable bonds is 5.